The fourth-order valence-corrected chi connectivity index (χ4v) is 7.07. The van der Waals surface area contributed by atoms with E-state index in [9.17, 15) is 17.6 Å². The molecule has 1 aromatic carbocycles. The first kappa shape index (κ1) is 24.7. The Labute approximate surface area is 210 Å². The summed E-state index contributed by atoms with van der Waals surface area (Å²) in [6.45, 7) is 5.42. The maximum absolute atomic E-state index is 14.9. The van der Waals surface area contributed by atoms with Gasteiger partial charge in [-0.3, -0.25) is 4.90 Å². The number of nitrogens with one attached hydrogen (secondary N) is 1. The molecule has 1 aromatic heterocycles. The van der Waals surface area contributed by atoms with Crippen LogP contribution in [0.3, 0.4) is 0 Å². The number of carbonyl (C=O) groups excluding carboxylic acids is 1. The monoisotopic (exact) mass is 518 g/mol. The van der Waals surface area contributed by atoms with Gasteiger partial charge in [0.1, 0.15) is 24.1 Å². The highest BCUT2D eigenvalue weighted by atomic mass is 32.2. The van der Waals surface area contributed by atoms with E-state index in [-0.39, 0.29) is 41.0 Å². The highest BCUT2D eigenvalue weighted by Crippen LogP contribution is 2.41. The number of fused-ring (bicyclic) bond motifs is 2. The van der Waals surface area contributed by atoms with E-state index in [1.54, 1.807) is 11.8 Å². The van der Waals surface area contributed by atoms with E-state index in [2.05, 4.69) is 15.3 Å². The molecule has 1 saturated carbocycles. The Bertz CT molecular complexity index is 1270. The molecule has 2 aliphatic heterocycles. The van der Waals surface area contributed by atoms with Gasteiger partial charge in [-0.1, -0.05) is 6.42 Å². The molecule has 36 heavy (non-hydrogen) atoms. The van der Waals surface area contributed by atoms with Crippen LogP contribution >= 0.6 is 0 Å². The van der Waals surface area contributed by atoms with E-state index in [1.807, 2.05) is 13.8 Å². The van der Waals surface area contributed by atoms with E-state index in [1.165, 1.54) is 18.5 Å². The molecular weight excluding hydrogens is 487 g/mol. The highest BCUT2D eigenvalue weighted by Gasteiger charge is 2.51. The summed E-state index contributed by atoms with van der Waals surface area (Å²) in [5, 5.41) is 2.52. The molecule has 3 atom stereocenters. The van der Waals surface area contributed by atoms with Gasteiger partial charge in [0, 0.05) is 12.5 Å². The summed E-state index contributed by atoms with van der Waals surface area (Å²) >= 11 is 0. The van der Waals surface area contributed by atoms with Gasteiger partial charge in [-0.2, -0.15) is 0 Å². The maximum atomic E-state index is 14.9. The fraction of sp³-hybridized carbons (Fsp3) is 0.560. The summed E-state index contributed by atoms with van der Waals surface area (Å²) in [7, 11) is -3.51. The smallest absolute Gasteiger partial charge is 0.410 e. The Morgan fingerprint density at radius 1 is 1.19 bits per heavy atom. The molecule has 0 spiro atoms. The van der Waals surface area contributed by atoms with E-state index in [0.29, 0.717) is 36.5 Å². The average molecular weight is 519 g/mol. The van der Waals surface area contributed by atoms with Gasteiger partial charge >= 0.3 is 6.09 Å². The van der Waals surface area contributed by atoms with E-state index < -0.39 is 20.9 Å². The number of aromatic nitrogens is 2. The number of sulfone groups is 1. The number of nitrogens with zero attached hydrogens (tertiary/aromatic N) is 3. The lowest BCUT2D eigenvalue weighted by molar-refractivity contribution is 0.0641. The minimum absolute atomic E-state index is 0.00415. The molecule has 0 radical (unpaired) electrons. The van der Waals surface area contributed by atoms with Gasteiger partial charge in [-0.25, -0.2) is 27.6 Å². The van der Waals surface area contributed by atoms with Crippen LogP contribution in [-0.4, -0.2) is 58.9 Å². The fourth-order valence-electron chi connectivity index (χ4n) is 5.20. The quantitative estimate of drug-likeness (QED) is 0.570. The Hall–Kier alpha value is -2.95. The zero-order chi connectivity index (χ0) is 25.6. The largest absolute Gasteiger partial charge is 0.472 e. The lowest BCUT2D eigenvalue weighted by Crippen LogP contribution is -2.40. The van der Waals surface area contributed by atoms with Crippen molar-refractivity contribution in [3.05, 3.63) is 35.9 Å². The predicted molar refractivity (Wildman–Crippen MR) is 131 cm³/mol. The van der Waals surface area contributed by atoms with Crippen LogP contribution in [0, 0.1) is 12.7 Å². The SMILES string of the molecule is Cc1c(Nc2ccc(S(=O)(=O)C3CCC3)cc2F)ncnc1O[C@H]1CC2CCC1N2C(=O)OC(C)C. The number of carbonyl (C=O) groups is 1. The van der Waals surface area contributed by atoms with Crippen LogP contribution < -0.4 is 10.1 Å². The first-order chi connectivity index (χ1) is 17.1. The van der Waals surface area contributed by atoms with Gasteiger partial charge < -0.3 is 14.8 Å². The van der Waals surface area contributed by atoms with Crippen molar-refractivity contribution < 1.29 is 27.1 Å². The molecule has 1 N–H and O–H groups in total. The Kier molecular flexibility index (Phi) is 6.52. The van der Waals surface area contributed by atoms with Crippen LogP contribution in [-0.2, 0) is 14.6 Å². The molecule has 5 rings (SSSR count). The lowest BCUT2D eigenvalue weighted by atomic mass is 9.98. The molecule has 2 bridgehead atoms. The van der Waals surface area contributed by atoms with Gasteiger partial charge in [-0.05, 0) is 64.7 Å². The molecule has 2 saturated heterocycles. The van der Waals surface area contributed by atoms with Crippen molar-refractivity contribution in [1.29, 1.82) is 0 Å². The van der Waals surface area contributed by atoms with Gasteiger partial charge in [0.25, 0.3) is 0 Å². The van der Waals surface area contributed by atoms with Crippen molar-refractivity contribution in [1.82, 2.24) is 14.9 Å². The molecular formula is C25H31FN4O5S. The summed E-state index contributed by atoms with van der Waals surface area (Å²) in [5.74, 6) is 0.0304. The maximum Gasteiger partial charge on any atom is 0.410 e. The van der Waals surface area contributed by atoms with Crippen molar-refractivity contribution in [3.63, 3.8) is 0 Å². The highest BCUT2D eigenvalue weighted by molar-refractivity contribution is 7.92. The first-order valence-electron chi connectivity index (χ1n) is 12.4. The summed E-state index contributed by atoms with van der Waals surface area (Å²) in [4.78, 5) is 22.8. The summed E-state index contributed by atoms with van der Waals surface area (Å²) < 4.78 is 51.7. The van der Waals surface area contributed by atoms with Crippen LogP contribution in [0.4, 0.5) is 20.7 Å². The topological polar surface area (TPSA) is 111 Å². The van der Waals surface area contributed by atoms with E-state index in [4.69, 9.17) is 9.47 Å². The molecule has 11 heteroatoms. The third kappa shape index (κ3) is 4.49. The van der Waals surface area contributed by atoms with Gasteiger partial charge in [0.2, 0.25) is 5.88 Å². The van der Waals surface area contributed by atoms with Gasteiger partial charge in [0.05, 0.1) is 33.5 Å². The molecule has 1 amide bonds. The van der Waals surface area contributed by atoms with Crippen LogP contribution in [0.25, 0.3) is 0 Å². The second kappa shape index (κ2) is 9.49. The number of rotatable bonds is 7. The van der Waals surface area contributed by atoms with Crippen molar-refractivity contribution in [2.24, 2.45) is 0 Å². The number of amides is 1. The minimum atomic E-state index is -3.51. The summed E-state index contributed by atoms with van der Waals surface area (Å²) in [5.41, 5.74) is 0.694. The van der Waals surface area contributed by atoms with Gasteiger partial charge in [0.15, 0.2) is 9.84 Å². The molecule has 3 heterocycles. The number of anilines is 2. The molecule has 3 fully saturated rings. The van der Waals surface area contributed by atoms with Crippen molar-refractivity contribution in [2.45, 2.75) is 93.7 Å². The third-order valence-electron chi connectivity index (χ3n) is 7.34. The van der Waals surface area contributed by atoms with E-state index in [0.717, 1.165) is 25.3 Å². The first-order valence-corrected chi connectivity index (χ1v) is 14.0. The Balaban J connectivity index is 1.30. The van der Waals surface area contributed by atoms with Gasteiger partial charge in [-0.15, -0.1) is 0 Å². The lowest BCUT2D eigenvalue weighted by Gasteiger charge is -2.25. The molecule has 2 aromatic rings. The third-order valence-corrected chi connectivity index (χ3v) is 9.60. The summed E-state index contributed by atoms with van der Waals surface area (Å²) in [6.07, 6.45) is 5.15. The normalized spacial score (nSPS) is 23.6. The zero-order valence-electron chi connectivity index (χ0n) is 20.6. The molecule has 9 nitrogen and oxygen atoms in total. The van der Waals surface area contributed by atoms with Crippen LogP contribution in [0.1, 0.15) is 57.9 Å². The van der Waals surface area contributed by atoms with Crippen LogP contribution in [0.5, 0.6) is 5.88 Å². The van der Waals surface area contributed by atoms with E-state index >= 15 is 0 Å². The molecule has 1 aliphatic carbocycles. The number of halogens is 1. The number of ether oxygens (including phenoxy) is 2. The zero-order valence-corrected chi connectivity index (χ0v) is 21.4. The molecule has 194 valence electrons. The number of hydrogen-bond donors (Lipinski definition) is 1. The molecule has 2 unspecified atom stereocenters. The van der Waals surface area contributed by atoms with Crippen molar-refractivity contribution >= 4 is 27.4 Å². The Morgan fingerprint density at radius 2 is 1.97 bits per heavy atom. The minimum Gasteiger partial charge on any atom is -0.472 e. The summed E-state index contributed by atoms with van der Waals surface area (Å²) in [6, 6.07) is 3.89. The Morgan fingerprint density at radius 3 is 2.64 bits per heavy atom. The average Bonchev–Trinajstić information content (AvgIpc) is 3.33. The van der Waals surface area contributed by atoms with Crippen LogP contribution in [0.2, 0.25) is 0 Å². The number of benzene rings is 1. The van der Waals surface area contributed by atoms with Crippen molar-refractivity contribution in [2.75, 3.05) is 5.32 Å². The molecule has 3 aliphatic rings. The van der Waals surface area contributed by atoms with Crippen LogP contribution in [0.15, 0.2) is 29.4 Å². The number of hydrogen-bond acceptors (Lipinski definition) is 8. The second-order valence-corrected chi connectivity index (χ2v) is 12.3. The van der Waals surface area contributed by atoms with Crippen molar-refractivity contribution in [3.8, 4) is 5.88 Å². The standard InChI is InChI=1S/C25H31FN4O5S/c1-14(2)34-25(31)30-16-7-10-21(30)22(11-16)35-24-15(3)23(27-13-28-24)29-20-9-8-18(12-19(20)26)36(32,33)17-5-4-6-17/h8-9,12-14,16-17,21-22H,4-7,10-11H2,1-3H3,(H,27,28,29)/t16?,21?,22-/m0/s1. The predicted octanol–water partition coefficient (Wildman–Crippen LogP) is 4.52. The second-order valence-electron chi connectivity index (χ2n) is 10.0.